The summed E-state index contributed by atoms with van der Waals surface area (Å²) in [5, 5.41) is -1.67. The largest absolute Gasteiger partial charge is 0.292 e. The molecule has 6 heteroatoms. The van der Waals surface area contributed by atoms with Crippen molar-refractivity contribution in [3.05, 3.63) is 70.0 Å². The van der Waals surface area contributed by atoms with Gasteiger partial charge in [0.05, 0.1) is 10.6 Å². The predicted octanol–water partition coefficient (Wildman–Crippen LogP) is 4.92. The molecular weight excluding hydrogens is 312 g/mol. The van der Waals surface area contributed by atoms with Crippen LogP contribution in [-0.2, 0) is 0 Å². The minimum Gasteiger partial charge on any atom is -0.292 e. The SMILES string of the molecule is O=C(c1cc(F)c(Cl)cc1F)C(Cl)c1ccc(F)cc1. The molecule has 0 aliphatic heterocycles. The van der Waals surface area contributed by atoms with E-state index in [-0.39, 0.29) is 5.56 Å². The molecule has 0 spiro atoms. The number of alkyl halides is 1. The van der Waals surface area contributed by atoms with Gasteiger partial charge in [0.15, 0.2) is 5.78 Å². The summed E-state index contributed by atoms with van der Waals surface area (Å²) in [6.07, 6.45) is 0. The fourth-order valence-electron chi connectivity index (χ4n) is 1.63. The van der Waals surface area contributed by atoms with Gasteiger partial charge in [-0.25, -0.2) is 13.2 Å². The van der Waals surface area contributed by atoms with Crippen molar-refractivity contribution >= 4 is 29.0 Å². The molecule has 0 fully saturated rings. The standard InChI is InChI=1S/C14H7Cl2F3O/c15-10-6-11(18)9(5-12(10)19)14(20)13(16)7-1-3-8(17)4-2-7/h1-6,13H. The van der Waals surface area contributed by atoms with Crippen LogP contribution in [-0.4, -0.2) is 5.78 Å². The lowest BCUT2D eigenvalue weighted by molar-refractivity contribution is 0.0982. The summed E-state index contributed by atoms with van der Waals surface area (Å²) in [4.78, 5) is 12.0. The van der Waals surface area contributed by atoms with Crippen molar-refractivity contribution in [1.82, 2.24) is 0 Å². The average molecular weight is 319 g/mol. The zero-order chi connectivity index (χ0) is 14.9. The summed E-state index contributed by atoms with van der Waals surface area (Å²) in [7, 11) is 0. The first-order chi connectivity index (χ1) is 9.40. The molecule has 1 nitrogen and oxygen atoms in total. The number of halogens is 5. The minimum absolute atomic E-state index is 0.285. The summed E-state index contributed by atoms with van der Waals surface area (Å²) in [5.74, 6) is -3.20. The highest BCUT2D eigenvalue weighted by molar-refractivity contribution is 6.34. The molecule has 0 heterocycles. The molecule has 2 rings (SSSR count). The molecule has 104 valence electrons. The van der Waals surface area contributed by atoms with E-state index in [1.165, 1.54) is 12.1 Å². The van der Waals surface area contributed by atoms with E-state index in [0.29, 0.717) is 12.1 Å². The lowest BCUT2D eigenvalue weighted by Crippen LogP contribution is -2.10. The highest BCUT2D eigenvalue weighted by Crippen LogP contribution is 2.28. The fraction of sp³-hybridized carbons (Fsp3) is 0.0714. The number of carbonyl (C=O) groups is 1. The maximum Gasteiger partial charge on any atom is 0.188 e. The summed E-state index contributed by atoms with van der Waals surface area (Å²) in [5.41, 5.74) is -0.218. The van der Waals surface area contributed by atoms with Crippen LogP contribution in [0.3, 0.4) is 0 Å². The van der Waals surface area contributed by atoms with E-state index in [9.17, 15) is 18.0 Å². The van der Waals surface area contributed by atoms with Crippen molar-refractivity contribution in [2.45, 2.75) is 5.38 Å². The number of hydrogen-bond donors (Lipinski definition) is 0. The highest BCUT2D eigenvalue weighted by atomic mass is 35.5. The van der Waals surface area contributed by atoms with Gasteiger partial charge in [-0.2, -0.15) is 0 Å². The third kappa shape index (κ3) is 2.97. The van der Waals surface area contributed by atoms with Crippen molar-refractivity contribution in [2.75, 3.05) is 0 Å². The number of hydrogen-bond acceptors (Lipinski definition) is 1. The van der Waals surface area contributed by atoms with Crippen LogP contribution in [0.15, 0.2) is 36.4 Å². The van der Waals surface area contributed by atoms with Gasteiger partial charge in [0.25, 0.3) is 0 Å². The summed E-state index contributed by atoms with van der Waals surface area (Å²) in [6, 6.07) is 6.25. The van der Waals surface area contributed by atoms with E-state index < -0.39 is 39.2 Å². The van der Waals surface area contributed by atoms with Gasteiger partial charge in [-0.3, -0.25) is 4.79 Å². The van der Waals surface area contributed by atoms with Gasteiger partial charge in [0, 0.05) is 0 Å². The number of Topliss-reactive ketones (excluding diaryl/α,β-unsaturated/α-hetero) is 1. The van der Waals surface area contributed by atoms with Gasteiger partial charge in [-0.15, -0.1) is 11.6 Å². The lowest BCUT2D eigenvalue weighted by Gasteiger charge is -2.10. The zero-order valence-corrected chi connectivity index (χ0v) is 11.4. The first kappa shape index (κ1) is 14.9. The topological polar surface area (TPSA) is 17.1 Å². The minimum atomic E-state index is -1.24. The van der Waals surface area contributed by atoms with Crippen molar-refractivity contribution in [1.29, 1.82) is 0 Å². The van der Waals surface area contributed by atoms with Gasteiger partial charge in [0.2, 0.25) is 0 Å². The van der Waals surface area contributed by atoms with Crippen LogP contribution in [0.25, 0.3) is 0 Å². The van der Waals surface area contributed by atoms with E-state index >= 15 is 0 Å². The Bertz CT molecular complexity index is 656. The Kier molecular flexibility index (Phi) is 4.35. The van der Waals surface area contributed by atoms with Gasteiger partial charge >= 0.3 is 0 Å². The van der Waals surface area contributed by atoms with Crippen molar-refractivity contribution < 1.29 is 18.0 Å². The predicted molar refractivity (Wildman–Crippen MR) is 70.7 cm³/mol. The molecule has 20 heavy (non-hydrogen) atoms. The first-order valence-corrected chi connectivity index (χ1v) is 6.30. The molecule has 2 aromatic rings. The maximum absolute atomic E-state index is 13.6. The van der Waals surface area contributed by atoms with Crippen molar-refractivity contribution in [2.24, 2.45) is 0 Å². The molecule has 0 aromatic heterocycles. The van der Waals surface area contributed by atoms with E-state index in [4.69, 9.17) is 23.2 Å². The van der Waals surface area contributed by atoms with Gasteiger partial charge in [-0.05, 0) is 29.8 Å². The number of carbonyl (C=O) groups excluding carboxylic acids is 1. The van der Waals surface area contributed by atoms with Crippen LogP contribution in [0.1, 0.15) is 21.3 Å². The molecule has 0 radical (unpaired) electrons. The van der Waals surface area contributed by atoms with Crippen molar-refractivity contribution in [3.8, 4) is 0 Å². The molecule has 0 aliphatic rings. The van der Waals surface area contributed by atoms with E-state index in [1.54, 1.807) is 0 Å². The van der Waals surface area contributed by atoms with Crippen LogP contribution in [0, 0.1) is 17.5 Å². The third-order valence-electron chi connectivity index (χ3n) is 2.67. The Morgan fingerprint density at radius 3 is 2.20 bits per heavy atom. The molecule has 0 bridgehead atoms. The van der Waals surface area contributed by atoms with Gasteiger partial charge in [-0.1, -0.05) is 23.7 Å². The molecule has 2 aromatic carbocycles. The molecule has 1 atom stereocenters. The molecule has 1 unspecified atom stereocenters. The molecule has 0 saturated heterocycles. The second-order valence-corrected chi connectivity index (χ2v) is 4.87. The second kappa shape index (κ2) is 5.85. The second-order valence-electron chi connectivity index (χ2n) is 4.02. The van der Waals surface area contributed by atoms with Crippen LogP contribution in [0.2, 0.25) is 5.02 Å². The molecular formula is C14H7Cl2F3O. The average Bonchev–Trinajstić information content (AvgIpc) is 2.42. The van der Waals surface area contributed by atoms with Crippen LogP contribution in [0.4, 0.5) is 13.2 Å². The summed E-state index contributed by atoms with van der Waals surface area (Å²) in [6.45, 7) is 0. The summed E-state index contributed by atoms with van der Waals surface area (Å²) < 4.78 is 39.7. The zero-order valence-electron chi connectivity index (χ0n) is 9.84. The number of ketones is 1. The Balaban J connectivity index is 2.36. The van der Waals surface area contributed by atoms with Crippen molar-refractivity contribution in [3.63, 3.8) is 0 Å². The summed E-state index contributed by atoms with van der Waals surface area (Å²) >= 11 is 11.3. The Morgan fingerprint density at radius 2 is 1.60 bits per heavy atom. The van der Waals surface area contributed by atoms with Crippen LogP contribution >= 0.6 is 23.2 Å². The quantitative estimate of drug-likeness (QED) is 0.446. The lowest BCUT2D eigenvalue weighted by atomic mass is 10.0. The molecule has 0 aliphatic carbocycles. The molecule has 0 saturated carbocycles. The van der Waals surface area contributed by atoms with E-state index in [2.05, 4.69) is 0 Å². The monoisotopic (exact) mass is 318 g/mol. The fourth-order valence-corrected chi connectivity index (χ4v) is 2.04. The Hall–Kier alpha value is -1.52. The van der Waals surface area contributed by atoms with E-state index in [0.717, 1.165) is 12.1 Å². The maximum atomic E-state index is 13.6. The van der Waals surface area contributed by atoms with E-state index in [1.807, 2.05) is 0 Å². The molecule has 0 amide bonds. The smallest absolute Gasteiger partial charge is 0.188 e. The van der Waals surface area contributed by atoms with Crippen LogP contribution < -0.4 is 0 Å². The van der Waals surface area contributed by atoms with Crippen LogP contribution in [0.5, 0.6) is 0 Å². The number of benzene rings is 2. The third-order valence-corrected chi connectivity index (χ3v) is 3.41. The normalized spacial score (nSPS) is 12.2. The highest BCUT2D eigenvalue weighted by Gasteiger charge is 2.23. The van der Waals surface area contributed by atoms with Gasteiger partial charge < -0.3 is 0 Å². The molecule has 0 N–H and O–H groups in total. The first-order valence-electron chi connectivity index (χ1n) is 5.48. The van der Waals surface area contributed by atoms with Gasteiger partial charge in [0.1, 0.15) is 22.8 Å². The Labute approximate surface area is 122 Å². The number of rotatable bonds is 3. The Morgan fingerprint density at radius 1 is 1.00 bits per heavy atom.